The third kappa shape index (κ3) is 6.23. The lowest BCUT2D eigenvalue weighted by Gasteiger charge is -2.13. The molecular formula is C12H17N3O5S. The molecule has 0 spiro atoms. The van der Waals surface area contributed by atoms with Crippen LogP contribution in [0.5, 0.6) is 0 Å². The van der Waals surface area contributed by atoms with Crippen molar-refractivity contribution in [1.82, 2.24) is 14.8 Å². The van der Waals surface area contributed by atoms with Gasteiger partial charge in [-0.25, -0.2) is 14.3 Å². The Kier molecular flexibility index (Phi) is 6.12. The number of rotatable bonds is 6. The molecule has 3 N–H and O–H groups in total. The van der Waals surface area contributed by atoms with Gasteiger partial charge in [0, 0.05) is 6.54 Å². The van der Waals surface area contributed by atoms with E-state index < -0.39 is 28.3 Å². The van der Waals surface area contributed by atoms with E-state index in [9.17, 15) is 18.0 Å². The van der Waals surface area contributed by atoms with E-state index in [1.807, 2.05) is 0 Å². The standard InChI is InChI=1S/C12H17N3O5S/c1-9(11(16)20-2)14-12(17)15-21(18,19)13-8-10-6-4-3-5-7-10/h3-7,9,13H,8H2,1-2H3,(H2,14,15,17)/t9-/m0/s1. The van der Waals surface area contributed by atoms with Gasteiger partial charge in [-0.1, -0.05) is 30.3 Å². The van der Waals surface area contributed by atoms with E-state index in [1.54, 1.807) is 35.1 Å². The Bertz CT molecular complexity index is 588. The van der Waals surface area contributed by atoms with Crippen LogP contribution in [0.4, 0.5) is 4.79 Å². The summed E-state index contributed by atoms with van der Waals surface area (Å²) in [6.45, 7) is 1.41. The molecule has 0 unspecified atom stereocenters. The number of esters is 1. The Morgan fingerprint density at radius 2 is 1.86 bits per heavy atom. The Balaban J connectivity index is 2.48. The predicted octanol–water partition coefficient (Wildman–Crippen LogP) is -0.118. The molecule has 0 aliphatic heterocycles. The minimum Gasteiger partial charge on any atom is -0.467 e. The molecule has 2 amide bonds. The van der Waals surface area contributed by atoms with Gasteiger partial charge in [0.15, 0.2) is 0 Å². The second kappa shape index (κ2) is 7.60. The fraction of sp³-hybridized carbons (Fsp3) is 0.333. The van der Waals surface area contributed by atoms with Crippen molar-refractivity contribution >= 4 is 22.2 Å². The molecule has 0 saturated carbocycles. The number of hydrogen-bond acceptors (Lipinski definition) is 5. The van der Waals surface area contributed by atoms with E-state index in [0.29, 0.717) is 0 Å². The summed E-state index contributed by atoms with van der Waals surface area (Å²) in [6.07, 6.45) is 0. The van der Waals surface area contributed by atoms with Gasteiger partial charge in [-0.3, -0.25) is 0 Å². The molecule has 9 heteroatoms. The predicted molar refractivity (Wildman–Crippen MR) is 75.3 cm³/mol. The summed E-state index contributed by atoms with van der Waals surface area (Å²) in [4.78, 5) is 22.5. The van der Waals surface area contributed by atoms with Crippen LogP contribution in [0, 0.1) is 0 Å². The van der Waals surface area contributed by atoms with Crippen LogP contribution in [0.15, 0.2) is 30.3 Å². The van der Waals surface area contributed by atoms with E-state index in [4.69, 9.17) is 0 Å². The minimum atomic E-state index is -4.02. The Morgan fingerprint density at radius 1 is 1.24 bits per heavy atom. The molecule has 1 atom stereocenters. The molecule has 0 aliphatic carbocycles. The smallest absolute Gasteiger partial charge is 0.330 e. The number of methoxy groups -OCH3 is 1. The summed E-state index contributed by atoms with van der Waals surface area (Å²) in [7, 11) is -2.86. The van der Waals surface area contributed by atoms with Gasteiger partial charge >= 0.3 is 22.2 Å². The lowest BCUT2D eigenvalue weighted by atomic mass is 10.2. The quantitative estimate of drug-likeness (QED) is 0.633. The third-order valence-electron chi connectivity index (χ3n) is 2.44. The average molecular weight is 315 g/mol. The van der Waals surface area contributed by atoms with Crippen LogP contribution >= 0.6 is 0 Å². The first-order valence-electron chi connectivity index (χ1n) is 6.03. The zero-order valence-corrected chi connectivity index (χ0v) is 12.4. The molecule has 1 aromatic rings. The number of benzene rings is 1. The summed E-state index contributed by atoms with van der Waals surface area (Å²) in [5, 5.41) is 2.14. The first kappa shape index (κ1) is 16.9. The highest BCUT2D eigenvalue weighted by atomic mass is 32.2. The second-order valence-electron chi connectivity index (χ2n) is 4.13. The van der Waals surface area contributed by atoms with Gasteiger partial charge in [0.25, 0.3) is 0 Å². The summed E-state index contributed by atoms with van der Waals surface area (Å²) >= 11 is 0. The normalized spacial score (nSPS) is 12.3. The largest absolute Gasteiger partial charge is 0.467 e. The molecular weight excluding hydrogens is 298 g/mol. The lowest BCUT2D eigenvalue weighted by Crippen LogP contribution is -2.49. The molecule has 0 saturated heterocycles. The molecule has 0 heterocycles. The zero-order chi connectivity index (χ0) is 15.9. The van der Waals surface area contributed by atoms with Crippen molar-refractivity contribution in [1.29, 1.82) is 0 Å². The molecule has 21 heavy (non-hydrogen) atoms. The van der Waals surface area contributed by atoms with E-state index in [0.717, 1.165) is 12.7 Å². The van der Waals surface area contributed by atoms with Crippen molar-refractivity contribution < 1.29 is 22.7 Å². The first-order chi connectivity index (χ1) is 9.84. The van der Waals surface area contributed by atoms with E-state index in [2.05, 4.69) is 14.8 Å². The summed E-state index contributed by atoms with van der Waals surface area (Å²) in [5.74, 6) is -0.681. The minimum absolute atomic E-state index is 0.0377. The summed E-state index contributed by atoms with van der Waals surface area (Å²) in [6, 6.07) is 6.83. The van der Waals surface area contributed by atoms with Crippen LogP contribution in [-0.2, 0) is 26.3 Å². The van der Waals surface area contributed by atoms with Crippen molar-refractivity contribution in [3.8, 4) is 0 Å². The average Bonchev–Trinajstić information content (AvgIpc) is 2.44. The van der Waals surface area contributed by atoms with Crippen molar-refractivity contribution in [2.45, 2.75) is 19.5 Å². The van der Waals surface area contributed by atoms with Crippen molar-refractivity contribution in [3.05, 3.63) is 35.9 Å². The fourth-order valence-electron chi connectivity index (χ4n) is 1.39. The van der Waals surface area contributed by atoms with Gasteiger partial charge in [0.05, 0.1) is 7.11 Å². The number of urea groups is 1. The SMILES string of the molecule is COC(=O)[C@H](C)NC(=O)NS(=O)(=O)NCc1ccccc1. The van der Waals surface area contributed by atoms with Crippen LogP contribution in [0.2, 0.25) is 0 Å². The molecule has 0 radical (unpaired) electrons. The topological polar surface area (TPSA) is 114 Å². The molecule has 0 fully saturated rings. The number of carbonyl (C=O) groups excluding carboxylic acids is 2. The van der Waals surface area contributed by atoms with Crippen LogP contribution in [0.25, 0.3) is 0 Å². The van der Waals surface area contributed by atoms with E-state index >= 15 is 0 Å². The maximum absolute atomic E-state index is 11.6. The van der Waals surface area contributed by atoms with E-state index in [1.165, 1.54) is 6.92 Å². The summed E-state index contributed by atoms with van der Waals surface area (Å²) < 4.78 is 31.6. The van der Waals surface area contributed by atoms with Crippen LogP contribution < -0.4 is 14.8 Å². The van der Waals surface area contributed by atoms with Gasteiger partial charge in [-0.05, 0) is 12.5 Å². The fourth-order valence-corrected chi connectivity index (χ4v) is 2.13. The van der Waals surface area contributed by atoms with Crippen LogP contribution in [-0.4, -0.2) is 33.6 Å². The maximum atomic E-state index is 11.6. The highest BCUT2D eigenvalue weighted by Crippen LogP contribution is 1.97. The van der Waals surface area contributed by atoms with Crippen molar-refractivity contribution in [2.75, 3.05) is 7.11 Å². The third-order valence-corrected chi connectivity index (χ3v) is 3.42. The van der Waals surface area contributed by atoms with Gasteiger partial charge in [0.2, 0.25) is 0 Å². The van der Waals surface area contributed by atoms with Crippen molar-refractivity contribution in [2.24, 2.45) is 0 Å². The molecule has 0 bridgehead atoms. The molecule has 0 aliphatic rings. The Labute approximate surface area is 123 Å². The number of hydrogen-bond donors (Lipinski definition) is 3. The molecule has 116 valence electrons. The molecule has 0 aromatic heterocycles. The number of ether oxygens (including phenoxy) is 1. The number of carbonyl (C=O) groups is 2. The highest BCUT2D eigenvalue weighted by molar-refractivity contribution is 7.88. The molecule has 8 nitrogen and oxygen atoms in total. The molecule has 1 rings (SSSR count). The first-order valence-corrected chi connectivity index (χ1v) is 7.52. The maximum Gasteiger partial charge on any atom is 0.330 e. The Hall–Kier alpha value is -2.13. The van der Waals surface area contributed by atoms with Gasteiger partial charge < -0.3 is 10.1 Å². The number of nitrogens with one attached hydrogen (secondary N) is 3. The number of amides is 2. The Morgan fingerprint density at radius 3 is 2.43 bits per heavy atom. The monoisotopic (exact) mass is 315 g/mol. The van der Waals surface area contributed by atoms with Crippen LogP contribution in [0.3, 0.4) is 0 Å². The van der Waals surface area contributed by atoms with Gasteiger partial charge in [-0.15, -0.1) is 0 Å². The van der Waals surface area contributed by atoms with Gasteiger partial charge in [0.1, 0.15) is 6.04 Å². The highest BCUT2D eigenvalue weighted by Gasteiger charge is 2.19. The van der Waals surface area contributed by atoms with E-state index in [-0.39, 0.29) is 6.54 Å². The molecule has 1 aromatic carbocycles. The second-order valence-corrected chi connectivity index (χ2v) is 5.63. The summed E-state index contributed by atoms with van der Waals surface area (Å²) in [5.41, 5.74) is 0.742. The van der Waals surface area contributed by atoms with Crippen LogP contribution in [0.1, 0.15) is 12.5 Å². The van der Waals surface area contributed by atoms with Crippen molar-refractivity contribution in [3.63, 3.8) is 0 Å². The lowest BCUT2D eigenvalue weighted by molar-refractivity contribution is -0.142. The van der Waals surface area contributed by atoms with Gasteiger partial charge in [-0.2, -0.15) is 13.1 Å². The zero-order valence-electron chi connectivity index (χ0n) is 11.6.